The second-order valence-corrected chi connectivity index (χ2v) is 7.53. The number of nitrogens with zero attached hydrogens (tertiary/aromatic N) is 2. The Morgan fingerprint density at radius 2 is 2.00 bits per heavy atom. The average Bonchev–Trinajstić information content (AvgIpc) is 2.95. The minimum absolute atomic E-state index is 0.167. The van der Waals surface area contributed by atoms with Crippen molar-refractivity contribution in [3.8, 4) is 5.75 Å². The van der Waals surface area contributed by atoms with E-state index in [0.29, 0.717) is 31.9 Å². The van der Waals surface area contributed by atoms with Gasteiger partial charge in [0.05, 0.1) is 23.1 Å². The van der Waals surface area contributed by atoms with Gasteiger partial charge in [0.25, 0.3) is 11.1 Å². The lowest BCUT2D eigenvalue weighted by molar-refractivity contribution is -0.139. The Labute approximate surface area is 175 Å². The Kier molecular flexibility index (Phi) is 6.78. The summed E-state index contributed by atoms with van der Waals surface area (Å²) in [6, 6.07) is 4.55. The summed E-state index contributed by atoms with van der Waals surface area (Å²) in [4.78, 5) is 50.3. The lowest BCUT2D eigenvalue weighted by Crippen LogP contribution is -2.46. The molecule has 9 nitrogen and oxygen atoms in total. The maximum Gasteiger partial charge on any atom is 0.341 e. The second kappa shape index (κ2) is 9.29. The van der Waals surface area contributed by atoms with Crippen molar-refractivity contribution >= 4 is 52.5 Å². The van der Waals surface area contributed by atoms with Crippen molar-refractivity contribution in [1.29, 1.82) is 0 Å². The monoisotopic (exact) mass is 440 g/mol. The molecule has 0 saturated carbocycles. The molecule has 3 amide bonds. The molecule has 1 N–H and O–H groups in total. The van der Waals surface area contributed by atoms with Crippen LogP contribution in [0.2, 0.25) is 5.02 Å². The third-order valence-electron chi connectivity index (χ3n) is 4.14. The predicted molar refractivity (Wildman–Crippen MR) is 105 cm³/mol. The van der Waals surface area contributed by atoms with Crippen molar-refractivity contribution in [2.24, 2.45) is 0 Å². The molecule has 0 unspecified atom stereocenters. The summed E-state index contributed by atoms with van der Waals surface area (Å²) in [5.41, 5.74) is 0.530. The fourth-order valence-corrected chi connectivity index (χ4v) is 3.78. The van der Waals surface area contributed by atoms with Crippen LogP contribution >= 0.6 is 23.4 Å². The lowest BCUT2D eigenvalue weighted by Gasteiger charge is -2.28. The molecule has 0 atom stereocenters. The van der Waals surface area contributed by atoms with E-state index >= 15 is 0 Å². The maximum atomic E-state index is 12.6. The van der Waals surface area contributed by atoms with Crippen molar-refractivity contribution in [3.63, 3.8) is 0 Å². The van der Waals surface area contributed by atoms with E-state index in [2.05, 4.69) is 0 Å². The van der Waals surface area contributed by atoms with Gasteiger partial charge in [-0.2, -0.15) is 0 Å². The molecule has 2 fully saturated rings. The largest absolute Gasteiger partial charge is 0.480 e. The quantitative estimate of drug-likeness (QED) is 0.665. The number of thioether (sulfide) groups is 1. The highest BCUT2D eigenvalue weighted by molar-refractivity contribution is 8.18. The van der Waals surface area contributed by atoms with Gasteiger partial charge >= 0.3 is 5.97 Å². The van der Waals surface area contributed by atoms with Gasteiger partial charge in [0.15, 0.2) is 6.61 Å². The number of amides is 3. The van der Waals surface area contributed by atoms with Crippen molar-refractivity contribution in [2.75, 3.05) is 39.5 Å². The van der Waals surface area contributed by atoms with Gasteiger partial charge in [-0.15, -0.1) is 0 Å². The SMILES string of the molecule is O=C(O)COc1ccc(/C=C2\SC(=O)N(CC(=O)N3CCOCC3)C2=O)cc1Cl. The van der Waals surface area contributed by atoms with E-state index in [1.807, 2.05) is 0 Å². The molecule has 0 aliphatic carbocycles. The molecule has 0 aromatic heterocycles. The van der Waals surface area contributed by atoms with Crippen LogP contribution in [0.1, 0.15) is 5.56 Å². The first-order valence-electron chi connectivity index (χ1n) is 8.60. The first kappa shape index (κ1) is 21.2. The van der Waals surface area contributed by atoms with Gasteiger partial charge in [-0.1, -0.05) is 17.7 Å². The molecule has 0 radical (unpaired) electrons. The van der Waals surface area contributed by atoms with Crippen LogP contribution in [0, 0.1) is 0 Å². The van der Waals surface area contributed by atoms with E-state index in [-0.39, 0.29) is 28.1 Å². The fraction of sp³-hybridized carbons (Fsp3) is 0.333. The number of halogens is 1. The van der Waals surface area contributed by atoms with E-state index in [1.165, 1.54) is 18.2 Å². The lowest BCUT2D eigenvalue weighted by atomic mass is 10.2. The van der Waals surface area contributed by atoms with Crippen LogP contribution in [0.3, 0.4) is 0 Å². The number of ether oxygens (including phenoxy) is 2. The Balaban J connectivity index is 1.68. The summed E-state index contributed by atoms with van der Waals surface area (Å²) in [6.07, 6.45) is 1.48. The van der Waals surface area contributed by atoms with Gasteiger partial charge in [-0.3, -0.25) is 19.3 Å². The van der Waals surface area contributed by atoms with Gasteiger partial charge in [-0.05, 0) is 35.5 Å². The molecule has 0 spiro atoms. The van der Waals surface area contributed by atoms with Crippen LogP contribution in [0.5, 0.6) is 5.75 Å². The first-order chi connectivity index (χ1) is 13.8. The number of benzene rings is 1. The molecule has 154 valence electrons. The van der Waals surface area contributed by atoms with Crippen LogP contribution in [0.15, 0.2) is 23.1 Å². The third kappa shape index (κ3) is 5.28. The van der Waals surface area contributed by atoms with Crippen LogP contribution < -0.4 is 4.74 Å². The predicted octanol–water partition coefficient (Wildman–Crippen LogP) is 1.70. The van der Waals surface area contributed by atoms with E-state index < -0.39 is 23.7 Å². The minimum Gasteiger partial charge on any atom is -0.480 e. The number of carboxylic acid groups (broad SMARTS) is 1. The zero-order valence-electron chi connectivity index (χ0n) is 15.1. The molecular weight excluding hydrogens is 424 g/mol. The van der Waals surface area contributed by atoms with Gasteiger partial charge < -0.3 is 19.5 Å². The Morgan fingerprint density at radius 3 is 2.66 bits per heavy atom. The number of aliphatic carboxylic acids is 1. The third-order valence-corrected chi connectivity index (χ3v) is 5.34. The van der Waals surface area contributed by atoms with Gasteiger partial charge in [0.1, 0.15) is 12.3 Å². The minimum atomic E-state index is -1.13. The van der Waals surface area contributed by atoms with Crippen LogP contribution in [0.4, 0.5) is 4.79 Å². The molecule has 11 heteroatoms. The number of morpholine rings is 1. The number of carbonyl (C=O) groups is 4. The number of hydrogen-bond donors (Lipinski definition) is 1. The van der Waals surface area contributed by atoms with E-state index in [1.54, 1.807) is 11.0 Å². The summed E-state index contributed by atoms with van der Waals surface area (Å²) in [5.74, 6) is -1.80. The van der Waals surface area contributed by atoms with Crippen LogP contribution in [-0.4, -0.2) is 77.4 Å². The van der Waals surface area contributed by atoms with Crippen LogP contribution in [0.25, 0.3) is 6.08 Å². The average molecular weight is 441 g/mol. The van der Waals surface area contributed by atoms with Crippen molar-refractivity contribution in [2.45, 2.75) is 0 Å². The molecule has 2 aliphatic heterocycles. The number of rotatable bonds is 6. The molecule has 3 rings (SSSR count). The molecule has 0 bridgehead atoms. The van der Waals surface area contributed by atoms with Gasteiger partial charge in [-0.25, -0.2) is 4.79 Å². The topological polar surface area (TPSA) is 113 Å². The van der Waals surface area contributed by atoms with E-state index in [4.69, 9.17) is 26.2 Å². The van der Waals surface area contributed by atoms with Crippen LogP contribution in [-0.2, 0) is 19.1 Å². The molecule has 2 saturated heterocycles. The molecule has 1 aromatic rings. The Bertz CT molecular complexity index is 883. The second-order valence-electron chi connectivity index (χ2n) is 6.13. The van der Waals surface area contributed by atoms with E-state index in [9.17, 15) is 19.2 Å². The zero-order valence-corrected chi connectivity index (χ0v) is 16.7. The highest BCUT2D eigenvalue weighted by atomic mass is 35.5. The zero-order chi connectivity index (χ0) is 21.0. The summed E-state index contributed by atoms with van der Waals surface area (Å²) in [6.45, 7) is 0.875. The number of hydrogen-bond acceptors (Lipinski definition) is 7. The fourth-order valence-electron chi connectivity index (χ4n) is 2.70. The summed E-state index contributed by atoms with van der Waals surface area (Å²) >= 11 is 6.81. The van der Waals surface area contributed by atoms with Crippen molar-refractivity contribution < 1.29 is 33.8 Å². The normalized spacial score (nSPS) is 18.4. The maximum absolute atomic E-state index is 12.6. The Hall–Kier alpha value is -2.56. The van der Waals surface area contributed by atoms with Crippen molar-refractivity contribution in [1.82, 2.24) is 9.80 Å². The molecule has 2 aliphatic rings. The Morgan fingerprint density at radius 1 is 1.28 bits per heavy atom. The molecule has 2 heterocycles. The standard InChI is InChI=1S/C18H17ClN2O7S/c19-12-7-11(1-2-13(12)28-10-16(23)24)8-14-17(25)21(18(26)29-14)9-15(22)20-3-5-27-6-4-20/h1-2,7-8H,3-6,9-10H2,(H,23,24)/b14-8-. The number of carboxylic acids is 1. The van der Waals surface area contributed by atoms with Crippen molar-refractivity contribution in [3.05, 3.63) is 33.7 Å². The highest BCUT2D eigenvalue weighted by Gasteiger charge is 2.37. The molecular formula is C18H17ClN2O7S. The number of imide groups is 1. The first-order valence-corrected chi connectivity index (χ1v) is 9.79. The molecule has 1 aromatic carbocycles. The smallest absolute Gasteiger partial charge is 0.341 e. The highest BCUT2D eigenvalue weighted by Crippen LogP contribution is 2.33. The summed E-state index contributed by atoms with van der Waals surface area (Å²) in [5, 5.41) is 8.30. The number of carbonyl (C=O) groups excluding carboxylic acids is 3. The van der Waals surface area contributed by atoms with Gasteiger partial charge in [0, 0.05) is 13.1 Å². The summed E-state index contributed by atoms with van der Waals surface area (Å²) in [7, 11) is 0. The van der Waals surface area contributed by atoms with Gasteiger partial charge in [0.2, 0.25) is 5.91 Å². The van der Waals surface area contributed by atoms with E-state index in [0.717, 1.165) is 16.7 Å². The molecule has 29 heavy (non-hydrogen) atoms. The summed E-state index contributed by atoms with van der Waals surface area (Å²) < 4.78 is 10.2.